The molecule has 0 spiro atoms. The lowest BCUT2D eigenvalue weighted by Gasteiger charge is -2.18. The summed E-state index contributed by atoms with van der Waals surface area (Å²) in [5.41, 5.74) is 19.8. The largest absolute Gasteiger partial charge is 0.491 e. The zero-order valence-corrected chi connectivity index (χ0v) is 20.4. The fourth-order valence-corrected chi connectivity index (χ4v) is 5.50. The molecule has 1 aromatic heterocycles. The number of anilines is 1. The number of hydrazone groups is 1. The van der Waals surface area contributed by atoms with Crippen LogP contribution in [-0.2, 0) is 6.42 Å². The summed E-state index contributed by atoms with van der Waals surface area (Å²) in [5.74, 6) is 1.84. The predicted molar refractivity (Wildman–Crippen MR) is 139 cm³/mol. The maximum Gasteiger partial charge on any atom is 0.150 e. The van der Waals surface area contributed by atoms with Gasteiger partial charge in [0.25, 0.3) is 0 Å². The SMILES string of the molecule is CCC1COc2cc(N[C@@H]3CCc4c(-c5c(C)cc(/C(N)=N/NC)cc5C)cccc43)cnc21. The molecule has 1 unspecified atom stereocenters. The lowest BCUT2D eigenvalue weighted by molar-refractivity contribution is 0.328. The molecule has 1 aliphatic carbocycles. The highest BCUT2D eigenvalue weighted by atomic mass is 16.5. The van der Waals surface area contributed by atoms with Crippen LogP contribution in [0.3, 0.4) is 0 Å². The van der Waals surface area contributed by atoms with Crippen molar-refractivity contribution in [3.8, 4) is 16.9 Å². The lowest BCUT2D eigenvalue weighted by Crippen LogP contribution is -2.17. The van der Waals surface area contributed by atoms with Crippen molar-refractivity contribution in [2.75, 3.05) is 19.0 Å². The van der Waals surface area contributed by atoms with Crippen LogP contribution in [0.15, 0.2) is 47.7 Å². The average molecular weight is 456 g/mol. The Labute approximate surface area is 201 Å². The standard InChI is InChI=1S/C28H33N5O/c1-5-18-15-34-25-13-20(14-31-27(18)25)32-24-10-9-21-22(24)7-6-8-23(21)26-16(2)11-19(12-17(26)3)28(29)33-30-4/h6-8,11-14,18,24,30,32H,5,9-10,15H2,1-4H3,(H2,29,33)/t18?,24-/m1/s1. The maximum absolute atomic E-state index is 6.13. The summed E-state index contributed by atoms with van der Waals surface area (Å²) in [6, 6.07) is 13.3. The van der Waals surface area contributed by atoms with E-state index in [1.54, 1.807) is 7.05 Å². The molecule has 4 N–H and O–H groups in total. The van der Waals surface area contributed by atoms with E-state index in [4.69, 9.17) is 15.5 Å². The van der Waals surface area contributed by atoms with E-state index in [1.807, 2.05) is 6.20 Å². The molecule has 1 aliphatic heterocycles. The van der Waals surface area contributed by atoms with E-state index in [0.29, 0.717) is 11.8 Å². The first-order chi connectivity index (χ1) is 16.5. The molecule has 34 heavy (non-hydrogen) atoms. The summed E-state index contributed by atoms with van der Waals surface area (Å²) in [4.78, 5) is 4.72. The van der Waals surface area contributed by atoms with Crippen molar-refractivity contribution in [1.82, 2.24) is 10.4 Å². The number of nitrogens with zero attached hydrogens (tertiary/aromatic N) is 2. The van der Waals surface area contributed by atoms with Crippen molar-refractivity contribution in [2.45, 2.75) is 52.0 Å². The highest BCUT2D eigenvalue weighted by Gasteiger charge is 2.28. The number of nitrogens with one attached hydrogen (secondary N) is 2. The van der Waals surface area contributed by atoms with Gasteiger partial charge in [-0.15, -0.1) is 0 Å². The van der Waals surface area contributed by atoms with Gasteiger partial charge in [-0.3, -0.25) is 4.98 Å². The van der Waals surface area contributed by atoms with Crippen LogP contribution in [0.2, 0.25) is 0 Å². The molecule has 6 heteroatoms. The molecular weight excluding hydrogens is 422 g/mol. The van der Waals surface area contributed by atoms with Crippen LogP contribution in [0.1, 0.15) is 65.2 Å². The minimum absolute atomic E-state index is 0.261. The Morgan fingerprint density at radius 3 is 2.74 bits per heavy atom. The molecule has 2 aromatic carbocycles. The predicted octanol–water partition coefficient (Wildman–Crippen LogP) is 5.19. The molecule has 5 rings (SSSR count). The monoisotopic (exact) mass is 455 g/mol. The topological polar surface area (TPSA) is 84.6 Å². The van der Waals surface area contributed by atoms with Crippen molar-refractivity contribution in [3.63, 3.8) is 0 Å². The van der Waals surface area contributed by atoms with Crippen LogP contribution in [0.4, 0.5) is 5.69 Å². The second-order valence-electron chi connectivity index (χ2n) is 9.34. The summed E-state index contributed by atoms with van der Waals surface area (Å²) in [7, 11) is 1.76. The first-order valence-electron chi connectivity index (χ1n) is 12.1. The number of nitrogens with two attached hydrogens (primary N) is 1. The third-order valence-electron chi connectivity index (χ3n) is 7.14. The van der Waals surface area contributed by atoms with Gasteiger partial charge in [0.2, 0.25) is 0 Å². The van der Waals surface area contributed by atoms with Gasteiger partial charge in [-0.25, -0.2) is 0 Å². The highest BCUT2D eigenvalue weighted by molar-refractivity contribution is 5.98. The number of hydrogen-bond donors (Lipinski definition) is 3. The Morgan fingerprint density at radius 2 is 2.00 bits per heavy atom. The number of hydrogen-bond acceptors (Lipinski definition) is 5. The van der Waals surface area contributed by atoms with E-state index in [-0.39, 0.29) is 6.04 Å². The van der Waals surface area contributed by atoms with Crippen molar-refractivity contribution in [1.29, 1.82) is 0 Å². The van der Waals surface area contributed by atoms with Crippen LogP contribution in [0.5, 0.6) is 5.75 Å². The van der Waals surface area contributed by atoms with Gasteiger partial charge >= 0.3 is 0 Å². The van der Waals surface area contributed by atoms with E-state index in [1.165, 1.54) is 33.4 Å². The smallest absolute Gasteiger partial charge is 0.150 e. The van der Waals surface area contributed by atoms with Crippen LogP contribution in [0.25, 0.3) is 11.1 Å². The number of rotatable bonds is 6. The van der Waals surface area contributed by atoms with E-state index in [0.717, 1.165) is 48.6 Å². The van der Waals surface area contributed by atoms with Gasteiger partial charge in [-0.1, -0.05) is 25.1 Å². The first kappa shape index (κ1) is 22.3. The normalized spacial score (nSPS) is 18.9. The van der Waals surface area contributed by atoms with Crippen LogP contribution < -0.4 is 21.2 Å². The van der Waals surface area contributed by atoms with Gasteiger partial charge in [0.05, 0.1) is 30.2 Å². The molecule has 0 radical (unpaired) electrons. The lowest BCUT2D eigenvalue weighted by atomic mass is 9.89. The second kappa shape index (κ2) is 9.01. The quantitative estimate of drug-likeness (QED) is 0.271. The van der Waals surface area contributed by atoms with E-state index >= 15 is 0 Å². The zero-order valence-electron chi connectivity index (χ0n) is 20.4. The minimum Gasteiger partial charge on any atom is -0.491 e. The maximum atomic E-state index is 6.13. The minimum atomic E-state index is 0.261. The van der Waals surface area contributed by atoms with Gasteiger partial charge in [0.15, 0.2) is 5.84 Å². The van der Waals surface area contributed by atoms with Crippen molar-refractivity contribution >= 4 is 11.5 Å². The number of pyridine rings is 1. The Morgan fingerprint density at radius 1 is 1.21 bits per heavy atom. The van der Waals surface area contributed by atoms with E-state index < -0.39 is 0 Å². The van der Waals surface area contributed by atoms with Crippen molar-refractivity contribution < 1.29 is 4.74 Å². The number of benzene rings is 2. The average Bonchev–Trinajstić information content (AvgIpc) is 3.43. The molecule has 0 saturated heterocycles. The van der Waals surface area contributed by atoms with Gasteiger partial charge in [-0.05, 0) is 78.6 Å². The number of fused-ring (bicyclic) bond motifs is 2. The first-order valence-corrected chi connectivity index (χ1v) is 12.1. The molecule has 176 valence electrons. The molecule has 2 aliphatic rings. The molecule has 2 atom stereocenters. The number of aryl methyl sites for hydroxylation is 2. The summed E-state index contributed by atoms with van der Waals surface area (Å²) in [6.07, 6.45) is 5.11. The fraction of sp³-hybridized carbons (Fsp3) is 0.357. The van der Waals surface area contributed by atoms with Crippen molar-refractivity contribution in [2.24, 2.45) is 10.8 Å². The summed E-state index contributed by atoms with van der Waals surface area (Å²) in [6.45, 7) is 7.23. The Bertz CT molecular complexity index is 1240. The fourth-order valence-electron chi connectivity index (χ4n) is 5.50. The Balaban J connectivity index is 1.45. The molecule has 2 heterocycles. The van der Waals surface area contributed by atoms with Gasteiger partial charge < -0.3 is 21.2 Å². The third-order valence-corrected chi connectivity index (χ3v) is 7.14. The van der Waals surface area contributed by atoms with Crippen molar-refractivity contribution in [3.05, 3.63) is 76.1 Å². The highest BCUT2D eigenvalue weighted by Crippen LogP contribution is 2.42. The summed E-state index contributed by atoms with van der Waals surface area (Å²) >= 11 is 0. The summed E-state index contributed by atoms with van der Waals surface area (Å²) in [5, 5.41) is 7.86. The van der Waals surface area contributed by atoms with Gasteiger partial charge in [0.1, 0.15) is 5.75 Å². The molecule has 3 aromatic rings. The zero-order chi connectivity index (χ0) is 23.8. The molecule has 0 saturated carbocycles. The Hall–Kier alpha value is -3.54. The third kappa shape index (κ3) is 3.87. The molecule has 0 amide bonds. The second-order valence-corrected chi connectivity index (χ2v) is 9.34. The number of aromatic nitrogens is 1. The molecular formula is C28H33N5O. The molecule has 0 bridgehead atoms. The van der Waals surface area contributed by atoms with Crippen LogP contribution in [-0.4, -0.2) is 24.5 Å². The van der Waals surface area contributed by atoms with E-state index in [9.17, 15) is 0 Å². The van der Waals surface area contributed by atoms with Crippen LogP contribution in [0, 0.1) is 13.8 Å². The Kier molecular flexibility index (Phi) is 5.90. The molecule has 6 nitrogen and oxygen atoms in total. The van der Waals surface area contributed by atoms with Crippen LogP contribution >= 0.6 is 0 Å². The van der Waals surface area contributed by atoms with Gasteiger partial charge in [-0.2, -0.15) is 5.10 Å². The van der Waals surface area contributed by atoms with Gasteiger partial charge in [0, 0.05) is 24.6 Å². The summed E-state index contributed by atoms with van der Waals surface area (Å²) < 4.78 is 5.90. The molecule has 0 fully saturated rings. The van der Waals surface area contributed by atoms with E-state index in [2.05, 4.69) is 73.0 Å². The number of amidine groups is 1. The number of ether oxygens (including phenoxy) is 1.